The zero-order chi connectivity index (χ0) is 24.8. The number of piperidine rings is 1. The van der Waals surface area contributed by atoms with Gasteiger partial charge in [0, 0.05) is 43.8 Å². The lowest BCUT2D eigenvalue weighted by molar-refractivity contribution is -0.140. The minimum Gasteiger partial charge on any atom is -0.481 e. The highest BCUT2D eigenvalue weighted by molar-refractivity contribution is 5.91. The van der Waals surface area contributed by atoms with Gasteiger partial charge in [0.1, 0.15) is 0 Å². The van der Waals surface area contributed by atoms with Crippen molar-refractivity contribution >= 4 is 23.2 Å². The van der Waals surface area contributed by atoms with Gasteiger partial charge < -0.3 is 20.4 Å². The molecule has 0 bridgehead atoms. The maximum atomic E-state index is 13.0. The van der Waals surface area contributed by atoms with E-state index in [0.717, 1.165) is 51.1 Å². The predicted molar refractivity (Wildman–Crippen MR) is 131 cm³/mol. The highest BCUT2D eigenvalue weighted by atomic mass is 16.4. The number of hydrogen-bond acceptors (Lipinski definition) is 7. The second kappa shape index (κ2) is 7.89. The number of hydrogen-bond donors (Lipinski definition) is 3. The van der Waals surface area contributed by atoms with Crippen molar-refractivity contribution in [3.05, 3.63) is 23.7 Å². The third-order valence-corrected chi connectivity index (χ3v) is 9.87. The van der Waals surface area contributed by atoms with E-state index in [2.05, 4.69) is 32.1 Å². The van der Waals surface area contributed by atoms with Gasteiger partial charge in [-0.25, -0.2) is 9.50 Å². The van der Waals surface area contributed by atoms with Crippen LogP contribution < -0.4 is 10.2 Å². The van der Waals surface area contributed by atoms with E-state index >= 15 is 0 Å². The normalized spacial score (nSPS) is 37.1. The fourth-order valence-corrected chi connectivity index (χ4v) is 7.77. The van der Waals surface area contributed by atoms with Gasteiger partial charge in [-0.2, -0.15) is 0 Å². The lowest BCUT2D eigenvalue weighted by Gasteiger charge is -2.62. The molecule has 5 fully saturated rings. The quantitative estimate of drug-likeness (QED) is 0.550. The standard InChI is InChI=1S/C26H34N6O4/c1-14-3-5-30(9-14)17-6-15(13-33)23-28-22(29-32(23)10-17)24(34)27-16-7-26(8-16)4-2-20(26)31-11-18-19(12-31)21(18)25(35)36/h6,10,14,16,18-21,33H,2-5,7-9,11-13H2,1H3,(H,27,34)(H,35,36). The first-order chi connectivity index (χ1) is 17.3. The third kappa shape index (κ3) is 3.37. The summed E-state index contributed by atoms with van der Waals surface area (Å²) in [4.78, 5) is 33.6. The highest BCUT2D eigenvalue weighted by Crippen LogP contribution is 2.61. The lowest BCUT2D eigenvalue weighted by atomic mass is 9.50. The van der Waals surface area contributed by atoms with Gasteiger partial charge in [0.2, 0.25) is 5.82 Å². The number of nitrogens with one attached hydrogen (secondary N) is 1. The van der Waals surface area contributed by atoms with Crippen molar-refractivity contribution in [1.29, 1.82) is 0 Å². The largest absolute Gasteiger partial charge is 0.481 e. The molecule has 5 aliphatic rings. The summed E-state index contributed by atoms with van der Waals surface area (Å²) in [6.45, 7) is 5.87. The Balaban J connectivity index is 0.993. The Morgan fingerprint density at radius 1 is 1.19 bits per heavy atom. The van der Waals surface area contributed by atoms with E-state index in [9.17, 15) is 19.8 Å². The average molecular weight is 495 g/mol. The molecule has 36 heavy (non-hydrogen) atoms. The Labute approximate surface area is 209 Å². The summed E-state index contributed by atoms with van der Waals surface area (Å²) in [5, 5.41) is 26.8. The number of fused-ring (bicyclic) bond motifs is 2. The van der Waals surface area contributed by atoms with Crippen molar-refractivity contribution < 1.29 is 19.8 Å². The molecule has 1 amide bonds. The first-order valence-electron chi connectivity index (χ1n) is 13.4. The highest BCUT2D eigenvalue weighted by Gasteiger charge is 2.64. The van der Waals surface area contributed by atoms with E-state index in [1.54, 1.807) is 4.52 Å². The number of pyridine rings is 1. The monoisotopic (exact) mass is 494 g/mol. The fraction of sp³-hybridized carbons (Fsp3) is 0.692. The molecule has 3 aliphatic carbocycles. The maximum Gasteiger partial charge on any atom is 0.307 e. The van der Waals surface area contributed by atoms with Crippen LogP contribution in [0.1, 0.15) is 55.2 Å². The molecule has 7 rings (SSSR count). The van der Waals surface area contributed by atoms with Crippen LogP contribution in [0.15, 0.2) is 12.3 Å². The molecule has 10 nitrogen and oxygen atoms in total. The van der Waals surface area contributed by atoms with Crippen molar-refractivity contribution in [2.24, 2.45) is 29.1 Å². The number of aromatic nitrogens is 3. The molecule has 2 saturated heterocycles. The van der Waals surface area contributed by atoms with Gasteiger partial charge >= 0.3 is 5.97 Å². The number of aliphatic hydroxyl groups excluding tert-OH is 1. The van der Waals surface area contributed by atoms with E-state index in [-0.39, 0.29) is 35.7 Å². The molecular formula is C26H34N6O4. The summed E-state index contributed by atoms with van der Waals surface area (Å²) in [6.07, 6.45) is 7.33. The summed E-state index contributed by atoms with van der Waals surface area (Å²) in [5.41, 5.74) is 2.47. The number of rotatable bonds is 6. The molecule has 192 valence electrons. The van der Waals surface area contributed by atoms with Crippen LogP contribution in [-0.2, 0) is 11.4 Å². The van der Waals surface area contributed by atoms with Gasteiger partial charge in [0.15, 0.2) is 5.65 Å². The topological polar surface area (TPSA) is 123 Å². The van der Waals surface area contributed by atoms with Crippen LogP contribution in [0.3, 0.4) is 0 Å². The van der Waals surface area contributed by atoms with Crippen molar-refractivity contribution in [3.63, 3.8) is 0 Å². The molecular weight excluding hydrogens is 460 g/mol. The Morgan fingerprint density at radius 2 is 1.97 bits per heavy atom. The molecule has 3 N–H and O–H groups in total. The zero-order valence-electron chi connectivity index (χ0n) is 20.6. The van der Waals surface area contributed by atoms with Crippen molar-refractivity contribution in [2.45, 2.75) is 57.7 Å². The number of amides is 1. The second-order valence-corrected chi connectivity index (χ2v) is 12.1. The van der Waals surface area contributed by atoms with Crippen LogP contribution in [0.4, 0.5) is 5.69 Å². The van der Waals surface area contributed by atoms with Gasteiger partial charge in [0.25, 0.3) is 5.91 Å². The fourth-order valence-electron chi connectivity index (χ4n) is 7.77. The van der Waals surface area contributed by atoms with E-state index in [0.29, 0.717) is 35.0 Å². The maximum absolute atomic E-state index is 13.0. The minimum absolute atomic E-state index is 0.120. The number of carboxylic acids is 1. The number of likely N-dealkylation sites (tertiary alicyclic amines) is 1. The molecule has 4 unspecified atom stereocenters. The predicted octanol–water partition coefficient (Wildman–Crippen LogP) is 1.37. The van der Waals surface area contributed by atoms with E-state index in [1.807, 2.05) is 12.3 Å². The smallest absolute Gasteiger partial charge is 0.307 e. The van der Waals surface area contributed by atoms with E-state index < -0.39 is 5.97 Å². The zero-order valence-corrected chi connectivity index (χ0v) is 20.6. The molecule has 3 saturated carbocycles. The van der Waals surface area contributed by atoms with Crippen molar-refractivity contribution in [1.82, 2.24) is 24.8 Å². The minimum atomic E-state index is -0.632. The lowest BCUT2D eigenvalue weighted by Crippen LogP contribution is -2.65. The van der Waals surface area contributed by atoms with Gasteiger partial charge in [-0.15, -0.1) is 5.10 Å². The Kier molecular flexibility index (Phi) is 4.92. The molecule has 10 heteroatoms. The first kappa shape index (κ1) is 22.5. The van der Waals surface area contributed by atoms with Crippen molar-refractivity contribution in [2.75, 3.05) is 31.1 Å². The third-order valence-electron chi connectivity index (χ3n) is 9.87. The van der Waals surface area contributed by atoms with E-state index in [4.69, 9.17) is 0 Å². The SMILES string of the molecule is CC1CCN(c2cc(CO)c3nc(C(=O)NC4CC5(CCC5N5CC6C(C5)C6C(=O)O)C4)nn3c2)C1. The van der Waals surface area contributed by atoms with Crippen LogP contribution >= 0.6 is 0 Å². The number of aliphatic hydroxyl groups is 1. The summed E-state index contributed by atoms with van der Waals surface area (Å²) in [6, 6.07) is 2.60. The Bertz CT molecular complexity index is 1230. The number of anilines is 1. The van der Waals surface area contributed by atoms with Crippen LogP contribution in [0.5, 0.6) is 0 Å². The number of aliphatic carboxylic acids is 1. The van der Waals surface area contributed by atoms with Gasteiger partial charge in [-0.3, -0.25) is 14.5 Å². The molecule has 0 aromatic carbocycles. The number of nitrogens with zero attached hydrogens (tertiary/aromatic N) is 5. The van der Waals surface area contributed by atoms with Crippen LogP contribution in [0, 0.1) is 29.1 Å². The number of carboxylic acid groups (broad SMARTS) is 1. The van der Waals surface area contributed by atoms with Crippen molar-refractivity contribution in [3.8, 4) is 0 Å². The van der Waals surface area contributed by atoms with Gasteiger partial charge in [-0.05, 0) is 61.3 Å². The average Bonchev–Trinajstić information content (AvgIpc) is 3.21. The second-order valence-electron chi connectivity index (χ2n) is 12.1. The summed E-state index contributed by atoms with van der Waals surface area (Å²) in [5.74, 6) is 0.445. The van der Waals surface area contributed by atoms with Gasteiger partial charge in [0.05, 0.1) is 24.4 Å². The van der Waals surface area contributed by atoms with Gasteiger partial charge in [-0.1, -0.05) is 6.92 Å². The Morgan fingerprint density at radius 3 is 2.58 bits per heavy atom. The molecule has 0 radical (unpaired) electrons. The first-order valence-corrected chi connectivity index (χ1v) is 13.4. The number of carbonyl (C=O) groups excluding carboxylic acids is 1. The Hall–Kier alpha value is -2.72. The molecule has 4 atom stereocenters. The molecule has 2 aromatic rings. The van der Waals surface area contributed by atoms with Crippen LogP contribution in [0.25, 0.3) is 5.65 Å². The summed E-state index contributed by atoms with van der Waals surface area (Å²) < 4.78 is 1.63. The molecule has 2 aromatic heterocycles. The molecule has 1 spiro atoms. The van der Waals surface area contributed by atoms with Crippen LogP contribution in [-0.4, -0.2) is 79.9 Å². The number of carbonyl (C=O) groups is 2. The molecule has 2 aliphatic heterocycles. The summed E-state index contributed by atoms with van der Waals surface area (Å²) >= 11 is 0. The summed E-state index contributed by atoms with van der Waals surface area (Å²) in [7, 11) is 0. The molecule has 4 heterocycles. The van der Waals surface area contributed by atoms with Crippen LogP contribution in [0.2, 0.25) is 0 Å². The van der Waals surface area contributed by atoms with E-state index in [1.165, 1.54) is 12.8 Å².